The molecule has 0 amide bonds. The van der Waals surface area contributed by atoms with E-state index >= 15 is 0 Å². The minimum Gasteiger partial charge on any atom is -0.316 e. The van der Waals surface area contributed by atoms with Gasteiger partial charge in [-0.25, -0.2) is 13.1 Å². The van der Waals surface area contributed by atoms with Crippen LogP contribution in [-0.4, -0.2) is 48.7 Å². The van der Waals surface area contributed by atoms with E-state index in [1.165, 1.54) is 6.20 Å². The Morgan fingerprint density at radius 2 is 2.00 bits per heavy atom. The van der Waals surface area contributed by atoms with E-state index in [-0.39, 0.29) is 23.3 Å². The molecule has 1 saturated heterocycles. The Hall–Kier alpha value is -1.41. The van der Waals surface area contributed by atoms with Gasteiger partial charge in [0.15, 0.2) is 0 Å². The highest BCUT2D eigenvalue weighted by Crippen LogP contribution is 2.21. The molecule has 3 rings (SSSR count). The molecule has 0 saturated carbocycles. The van der Waals surface area contributed by atoms with Crippen molar-refractivity contribution in [3.8, 4) is 5.69 Å². The second-order valence-electron chi connectivity index (χ2n) is 5.45. The topological polar surface area (TPSA) is 67.2 Å². The van der Waals surface area contributed by atoms with Crippen molar-refractivity contribution in [1.82, 2.24) is 19.4 Å². The van der Waals surface area contributed by atoms with Gasteiger partial charge >= 0.3 is 0 Å². The van der Waals surface area contributed by atoms with Gasteiger partial charge in [0.05, 0.1) is 18.1 Å². The Morgan fingerprint density at radius 3 is 2.70 bits per heavy atom. The number of hydrogen-bond donors (Lipinski definition) is 1. The van der Waals surface area contributed by atoms with Gasteiger partial charge in [0, 0.05) is 19.1 Å². The fourth-order valence-electron chi connectivity index (χ4n) is 2.71. The minimum absolute atomic E-state index is 0. The van der Waals surface area contributed by atoms with Crippen LogP contribution in [-0.2, 0) is 10.0 Å². The van der Waals surface area contributed by atoms with E-state index in [1.807, 2.05) is 37.4 Å². The van der Waals surface area contributed by atoms with Crippen LogP contribution in [0.15, 0.2) is 47.6 Å². The predicted octanol–water partition coefficient (Wildman–Crippen LogP) is 1.67. The van der Waals surface area contributed by atoms with E-state index in [2.05, 4.69) is 10.4 Å². The van der Waals surface area contributed by atoms with E-state index in [4.69, 9.17) is 0 Å². The molecule has 0 aliphatic carbocycles. The number of benzene rings is 1. The molecule has 2 aromatic rings. The van der Waals surface area contributed by atoms with Crippen molar-refractivity contribution in [2.24, 2.45) is 0 Å². The molecular weight excluding hydrogens is 336 g/mol. The Kier molecular flexibility index (Phi) is 5.80. The highest BCUT2D eigenvalue weighted by molar-refractivity contribution is 7.89. The number of rotatable bonds is 4. The molecule has 0 bridgehead atoms. The summed E-state index contributed by atoms with van der Waals surface area (Å²) in [6.45, 7) is 1.08. The molecule has 1 atom stereocenters. The van der Waals surface area contributed by atoms with Gasteiger partial charge < -0.3 is 5.32 Å². The van der Waals surface area contributed by atoms with Gasteiger partial charge in [-0.2, -0.15) is 9.40 Å². The number of para-hydroxylation sites is 1. The van der Waals surface area contributed by atoms with Gasteiger partial charge in [0.2, 0.25) is 10.0 Å². The average molecular weight is 357 g/mol. The molecule has 2 heterocycles. The summed E-state index contributed by atoms with van der Waals surface area (Å²) in [6.07, 6.45) is 4.88. The lowest BCUT2D eigenvalue weighted by molar-refractivity contribution is 0.293. The van der Waals surface area contributed by atoms with Crippen molar-refractivity contribution in [3.05, 3.63) is 42.7 Å². The van der Waals surface area contributed by atoms with E-state index in [0.717, 1.165) is 18.5 Å². The Morgan fingerprint density at radius 1 is 1.26 bits per heavy atom. The van der Waals surface area contributed by atoms with Crippen molar-refractivity contribution >= 4 is 22.4 Å². The Labute approximate surface area is 143 Å². The van der Waals surface area contributed by atoms with E-state index in [0.29, 0.717) is 13.1 Å². The summed E-state index contributed by atoms with van der Waals surface area (Å²) < 4.78 is 28.6. The zero-order valence-electron chi connectivity index (χ0n) is 12.9. The molecule has 1 unspecified atom stereocenters. The van der Waals surface area contributed by atoms with Crippen LogP contribution in [0.2, 0.25) is 0 Å². The Balaban J connectivity index is 0.00000192. The smallest absolute Gasteiger partial charge is 0.246 e. The summed E-state index contributed by atoms with van der Waals surface area (Å²) >= 11 is 0. The fraction of sp³-hybridized carbons (Fsp3) is 0.400. The van der Waals surface area contributed by atoms with Crippen LogP contribution < -0.4 is 5.32 Å². The second kappa shape index (κ2) is 7.44. The van der Waals surface area contributed by atoms with E-state index < -0.39 is 10.0 Å². The Bertz CT molecular complexity index is 733. The lowest BCUT2D eigenvalue weighted by atomic mass is 10.1. The molecule has 6 nitrogen and oxygen atoms in total. The number of nitrogens with one attached hydrogen (secondary N) is 1. The molecule has 126 valence electrons. The maximum atomic E-state index is 12.7. The standard InChI is InChI=1S/C15H20N4O2S.ClH/c1-16-13-6-5-9-18(11-13)22(20,21)15-10-17-19(12-15)14-7-3-2-4-8-14;/h2-4,7-8,10,12-13,16H,5-6,9,11H2,1H3;1H. The van der Waals surface area contributed by atoms with Crippen molar-refractivity contribution in [2.45, 2.75) is 23.8 Å². The molecule has 1 N–H and O–H groups in total. The van der Waals surface area contributed by atoms with Gasteiger partial charge in [-0.05, 0) is 32.0 Å². The molecule has 23 heavy (non-hydrogen) atoms. The van der Waals surface area contributed by atoms with Crippen molar-refractivity contribution in [3.63, 3.8) is 0 Å². The average Bonchev–Trinajstić information content (AvgIpc) is 3.06. The number of hydrogen-bond acceptors (Lipinski definition) is 4. The lowest BCUT2D eigenvalue weighted by Gasteiger charge is -2.31. The number of likely N-dealkylation sites (N-methyl/N-ethyl adjacent to an activating group) is 1. The third-order valence-corrected chi connectivity index (χ3v) is 5.83. The number of nitrogens with zero attached hydrogens (tertiary/aromatic N) is 3. The van der Waals surface area contributed by atoms with E-state index in [9.17, 15) is 8.42 Å². The first-order chi connectivity index (χ1) is 10.6. The zero-order valence-corrected chi connectivity index (χ0v) is 14.6. The molecular formula is C15H21ClN4O2S. The largest absolute Gasteiger partial charge is 0.316 e. The van der Waals surface area contributed by atoms with Crippen molar-refractivity contribution in [1.29, 1.82) is 0 Å². The van der Waals surface area contributed by atoms with Crippen LogP contribution in [0.25, 0.3) is 5.69 Å². The quantitative estimate of drug-likeness (QED) is 0.904. The first-order valence-corrected chi connectivity index (χ1v) is 8.83. The zero-order chi connectivity index (χ0) is 15.6. The molecule has 1 aromatic carbocycles. The van der Waals surface area contributed by atoms with Crippen LogP contribution in [0, 0.1) is 0 Å². The maximum Gasteiger partial charge on any atom is 0.246 e. The molecule has 1 aliphatic rings. The van der Waals surface area contributed by atoms with Gasteiger partial charge in [-0.3, -0.25) is 0 Å². The van der Waals surface area contributed by atoms with Crippen LogP contribution in [0.1, 0.15) is 12.8 Å². The molecule has 1 aliphatic heterocycles. The van der Waals surface area contributed by atoms with Crippen LogP contribution >= 0.6 is 12.4 Å². The summed E-state index contributed by atoms with van der Waals surface area (Å²) in [5.74, 6) is 0. The highest BCUT2D eigenvalue weighted by atomic mass is 35.5. The number of halogens is 1. The minimum atomic E-state index is -3.48. The predicted molar refractivity (Wildman–Crippen MR) is 91.7 cm³/mol. The first-order valence-electron chi connectivity index (χ1n) is 7.39. The number of sulfonamides is 1. The van der Waals surface area contributed by atoms with Gasteiger partial charge in [0.1, 0.15) is 4.90 Å². The molecule has 0 spiro atoms. The van der Waals surface area contributed by atoms with Crippen LogP contribution in [0.5, 0.6) is 0 Å². The molecule has 1 fully saturated rings. The van der Waals surface area contributed by atoms with Gasteiger partial charge in [0.25, 0.3) is 0 Å². The third kappa shape index (κ3) is 3.74. The summed E-state index contributed by atoms with van der Waals surface area (Å²) in [5, 5.41) is 7.34. The summed E-state index contributed by atoms with van der Waals surface area (Å²) in [4.78, 5) is 0.244. The van der Waals surface area contributed by atoms with E-state index in [1.54, 1.807) is 15.2 Å². The highest BCUT2D eigenvalue weighted by Gasteiger charge is 2.30. The summed E-state index contributed by atoms with van der Waals surface area (Å²) in [7, 11) is -1.61. The first kappa shape index (κ1) is 17.9. The van der Waals surface area contributed by atoms with Crippen LogP contribution in [0.3, 0.4) is 0 Å². The van der Waals surface area contributed by atoms with Crippen molar-refractivity contribution < 1.29 is 8.42 Å². The van der Waals surface area contributed by atoms with Crippen LogP contribution in [0.4, 0.5) is 0 Å². The molecule has 1 aromatic heterocycles. The normalized spacial score (nSPS) is 19.3. The summed E-state index contributed by atoms with van der Waals surface area (Å²) in [6, 6.07) is 9.70. The van der Waals surface area contributed by atoms with Gasteiger partial charge in [-0.1, -0.05) is 18.2 Å². The number of piperidine rings is 1. The third-order valence-electron chi connectivity index (χ3n) is 4.01. The van der Waals surface area contributed by atoms with Gasteiger partial charge in [-0.15, -0.1) is 12.4 Å². The molecule has 8 heteroatoms. The lowest BCUT2D eigenvalue weighted by Crippen LogP contribution is -2.46. The monoisotopic (exact) mass is 356 g/mol. The number of aromatic nitrogens is 2. The van der Waals surface area contributed by atoms with Crippen molar-refractivity contribution in [2.75, 3.05) is 20.1 Å². The SMILES string of the molecule is CNC1CCCN(S(=O)(=O)c2cnn(-c3ccccc3)c2)C1.Cl. The molecule has 0 radical (unpaired) electrons. The summed E-state index contributed by atoms with van der Waals surface area (Å²) in [5.41, 5.74) is 0.843. The second-order valence-corrected chi connectivity index (χ2v) is 7.38. The maximum absolute atomic E-state index is 12.7. The fourth-order valence-corrected chi connectivity index (χ4v) is 4.16.